The van der Waals surface area contributed by atoms with Gasteiger partial charge in [0, 0.05) is 29.6 Å². The van der Waals surface area contributed by atoms with E-state index >= 15 is 0 Å². The molecule has 2 N–H and O–H groups in total. The highest BCUT2D eigenvalue weighted by molar-refractivity contribution is 7.99. The van der Waals surface area contributed by atoms with E-state index in [2.05, 4.69) is 4.90 Å². The molecule has 0 spiro atoms. The summed E-state index contributed by atoms with van der Waals surface area (Å²) in [6.07, 6.45) is 1.19. The minimum atomic E-state index is -0.197. The van der Waals surface area contributed by atoms with Gasteiger partial charge in [0.15, 0.2) is 0 Å². The number of halogens is 1. The highest BCUT2D eigenvalue weighted by Crippen LogP contribution is 2.24. The third-order valence-corrected chi connectivity index (χ3v) is 4.24. The molecule has 4 heteroatoms. The Kier molecular flexibility index (Phi) is 3.71. The molecule has 0 amide bonds. The van der Waals surface area contributed by atoms with Gasteiger partial charge in [-0.25, -0.2) is 4.39 Å². The summed E-state index contributed by atoms with van der Waals surface area (Å²) >= 11 is 1.96. The number of anilines is 1. The molecule has 2 nitrogen and oxygen atoms in total. The van der Waals surface area contributed by atoms with Gasteiger partial charge < -0.3 is 5.73 Å². The molecule has 0 bridgehead atoms. The number of thioether (sulfide) groups is 1. The molecule has 88 valence electrons. The predicted molar refractivity (Wildman–Crippen MR) is 68.0 cm³/mol. The zero-order valence-corrected chi connectivity index (χ0v) is 10.3. The zero-order valence-electron chi connectivity index (χ0n) is 9.45. The second-order valence-corrected chi connectivity index (χ2v) is 5.39. The summed E-state index contributed by atoms with van der Waals surface area (Å²) in [5.74, 6) is 2.16. The van der Waals surface area contributed by atoms with Crippen molar-refractivity contribution in [3.63, 3.8) is 0 Å². The normalized spacial score (nSPS) is 20.6. The van der Waals surface area contributed by atoms with Gasteiger partial charge in [0.2, 0.25) is 0 Å². The molecule has 1 fully saturated rings. The van der Waals surface area contributed by atoms with Crippen LogP contribution in [0.4, 0.5) is 10.1 Å². The summed E-state index contributed by atoms with van der Waals surface area (Å²) in [5.41, 5.74) is 6.98. The van der Waals surface area contributed by atoms with Gasteiger partial charge in [-0.05, 0) is 31.4 Å². The maximum atomic E-state index is 13.6. The number of nitrogens with two attached hydrogens (primary N) is 1. The fourth-order valence-corrected chi connectivity index (χ4v) is 3.29. The van der Waals surface area contributed by atoms with E-state index in [9.17, 15) is 4.39 Å². The van der Waals surface area contributed by atoms with E-state index in [1.165, 1.54) is 18.2 Å². The first-order chi connectivity index (χ1) is 7.68. The summed E-state index contributed by atoms with van der Waals surface area (Å²) in [6.45, 7) is 0.601. The molecule has 0 radical (unpaired) electrons. The maximum Gasteiger partial charge on any atom is 0.129 e. The molecule has 1 aliphatic rings. The highest BCUT2D eigenvalue weighted by atomic mass is 32.2. The van der Waals surface area contributed by atoms with E-state index in [-0.39, 0.29) is 5.82 Å². The molecular weight excluding hydrogens is 223 g/mol. The van der Waals surface area contributed by atoms with E-state index in [0.717, 1.165) is 5.75 Å². The lowest BCUT2D eigenvalue weighted by Gasteiger charge is -2.24. The van der Waals surface area contributed by atoms with Crippen LogP contribution in [0, 0.1) is 5.82 Å². The lowest BCUT2D eigenvalue weighted by Crippen LogP contribution is -2.31. The molecule has 0 aromatic heterocycles. The van der Waals surface area contributed by atoms with E-state index < -0.39 is 0 Å². The van der Waals surface area contributed by atoms with Gasteiger partial charge in [-0.2, -0.15) is 11.8 Å². The van der Waals surface area contributed by atoms with Crippen molar-refractivity contribution >= 4 is 17.4 Å². The predicted octanol–water partition coefficient (Wildman–Crippen LogP) is 2.35. The Labute approximate surface area is 100 Å². The number of rotatable bonds is 3. The Hall–Kier alpha value is -0.740. The van der Waals surface area contributed by atoms with Crippen molar-refractivity contribution in [2.45, 2.75) is 19.0 Å². The number of nitrogens with zero attached hydrogens (tertiary/aromatic N) is 1. The summed E-state index contributed by atoms with van der Waals surface area (Å²) in [7, 11) is 2.04. The van der Waals surface area contributed by atoms with E-state index in [4.69, 9.17) is 5.73 Å². The standard InChI is InChI=1S/C12H17FN2S/c1-15(9-5-6-16-8-9)7-10-11(13)3-2-4-12(10)14/h2-4,9H,5-8,14H2,1H3. The second-order valence-electron chi connectivity index (χ2n) is 4.24. The summed E-state index contributed by atoms with van der Waals surface area (Å²) in [4.78, 5) is 2.20. The Morgan fingerprint density at radius 1 is 1.56 bits per heavy atom. The van der Waals surface area contributed by atoms with Crippen molar-refractivity contribution in [1.29, 1.82) is 0 Å². The smallest absolute Gasteiger partial charge is 0.129 e. The zero-order chi connectivity index (χ0) is 11.5. The van der Waals surface area contributed by atoms with Crippen LogP contribution >= 0.6 is 11.8 Å². The fourth-order valence-electron chi connectivity index (χ4n) is 1.99. The fraction of sp³-hybridized carbons (Fsp3) is 0.500. The molecule has 1 aromatic rings. The van der Waals surface area contributed by atoms with Crippen LogP contribution in [0.5, 0.6) is 0 Å². The van der Waals surface area contributed by atoms with E-state index in [1.54, 1.807) is 12.1 Å². The minimum absolute atomic E-state index is 0.197. The molecule has 1 saturated heterocycles. The average Bonchev–Trinajstić information content (AvgIpc) is 2.76. The molecule has 0 aliphatic carbocycles. The third-order valence-electron chi connectivity index (χ3n) is 3.09. The van der Waals surface area contributed by atoms with Crippen LogP contribution in [-0.2, 0) is 6.54 Å². The lowest BCUT2D eigenvalue weighted by atomic mass is 10.1. The van der Waals surface area contributed by atoms with Crippen LogP contribution in [0.3, 0.4) is 0 Å². The quantitative estimate of drug-likeness (QED) is 0.822. The molecule has 1 unspecified atom stereocenters. The average molecular weight is 240 g/mol. The number of benzene rings is 1. The van der Waals surface area contributed by atoms with Gasteiger partial charge in [0.1, 0.15) is 5.82 Å². The summed E-state index contributed by atoms with van der Waals surface area (Å²) < 4.78 is 13.6. The Morgan fingerprint density at radius 2 is 2.38 bits per heavy atom. The second kappa shape index (κ2) is 5.06. The molecule has 1 aromatic carbocycles. The minimum Gasteiger partial charge on any atom is -0.398 e. The Balaban J connectivity index is 2.07. The van der Waals surface area contributed by atoms with Crippen molar-refractivity contribution in [2.24, 2.45) is 0 Å². The van der Waals surface area contributed by atoms with Crippen LogP contribution in [-0.4, -0.2) is 29.5 Å². The van der Waals surface area contributed by atoms with Gasteiger partial charge in [0.05, 0.1) is 0 Å². The molecule has 16 heavy (non-hydrogen) atoms. The Morgan fingerprint density at radius 3 is 3.00 bits per heavy atom. The van der Waals surface area contributed by atoms with Crippen molar-refractivity contribution in [3.8, 4) is 0 Å². The molecular formula is C12H17FN2S. The molecule has 2 rings (SSSR count). The number of hydrogen-bond donors (Lipinski definition) is 1. The largest absolute Gasteiger partial charge is 0.398 e. The SMILES string of the molecule is CN(Cc1c(N)cccc1F)C1CCSC1. The highest BCUT2D eigenvalue weighted by Gasteiger charge is 2.21. The van der Waals surface area contributed by atoms with E-state index in [0.29, 0.717) is 23.8 Å². The van der Waals surface area contributed by atoms with Crippen LogP contribution in [0.15, 0.2) is 18.2 Å². The first-order valence-corrected chi connectivity index (χ1v) is 6.65. The van der Waals surface area contributed by atoms with Gasteiger partial charge in [-0.1, -0.05) is 6.07 Å². The van der Waals surface area contributed by atoms with Crippen molar-refractivity contribution in [2.75, 3.05) is 24.3 Å². The monoisotopic (exact) mass is 240 g/mol. The third kappa shape index (κ3) is 2.50. The summed E-state index contributed by atoms with van der Waals surface area (Å²) in [5, 5.41) is 0. The maximum absolute atomic E-state index is 13.6. The van der Waals surface area contributed by atoms with Crippen molar-refractivity contribution in [1.82, 2.24) is 4.90 Å². The van der Waals surface area contributed by atoms with Crippen LogP contribution < -0.4 is 5.73 Å². The van der Waals surface area contributed by atoms with Crippen molar-refractivity contribution in [3.05, 3.63) is 29.6 Å². The lowest BCUT2D eigenvalue weighted by molar-refractivity contribution is 0.251. The number of nitrogen functional groups attached to an aromatic ring is 1. The van der Waals surface area contributed by atoms with Crippen LogP contribution in [0.1, 0.15) is 12.0 Å². The Bertz CT molecular complexity index is 344. The van der Waals surface area contributed by atoms with Gasteiger partial charge >= 0.3 is 0 Å². The topological polar surface area (TPSA) is 29.3 Å². The number of hydrogen-bond acceptors (Lipinski definition) is 3. The summed E-state index contributed by atoms with van der Waals surface area (Å²) in [6, 6.07) is 5.45. The first-order valence-electron chi connectivity index (χ1n) is 5.49. The van der Waals surface area contributed by atoms with Gasteiger partial charge in [-0.3, -0.25) is 4.90 Å². The van der Waals surface area contributed by atoms with Gasteiger partial charge in [-0.15, -0.1) is 0 Å². The first kappa shape index (κ1) is 11.7. The molecule has 1 aliphatic heterocycles. The van der Waals surface area contributed by atoms with E-state index in [1.807, 2.05) is 18.8 Å². The van der Waals surface area contributed by atoms with Crippen molar-refractivity contribution < 1.29 is 4.39 Å². The van der Waals surface area contributed by atoms with Crippen LogP contribution in [0.25, 0.3) is 0 Å². The molecule has 1 atom stereocenters. The molecule has 1 heterocycles. The van der Waals surface area contributed by atoms with Crippen LogP contribution in [0.2, 0.25) is 0 Å². The molecule has 0 saturated carbocycles. The van der Waals surface area contributed by atoms with Gasteiger partial charge in [0.25, 0.3) is 0 Å².